The summed E-state index contributed by atoms with van der Waals surface area (Å²) in [5.74, 6) is 0.517. The zero-order valence-corrected chi connectivity index (χ0v) is 14.7. The first-order chi connectivity index (χ1) is 12.1. The molecule has 1 aromatic rings. The molecule has 1 spiro atoms. The van der Waals surface area contributed by atoms with Gasteiger partial charge in [0.15, 0.2) is 0 Å². The Kier molecular flexibility index (Phi) is 4.10. The van der Waals surface area contributed by atoms with E-state index in [-0.39, 0.29) is 29.2 Å². The van der Waals surface area contributed by atoms with E-state index in [1.807, 2.05) is 29.0 Å². The second-order valence-electron chi connectivity index (χ2n) is 7.63. The SMILES string of the molecule is CN1C(=O)C(c2cccnc2)CC12CCN(C(=O)C1CC=CC1)CC2. The van der Waals surface area contributed by atoms with Crippen LogP contribution in [0.5, 0.6) is 0 Å². The Bertz CT molecular complexity index is 684. The minimum absolute atomic E-state index is 0.0972. The normalized spacial score (nSPS) is 26.0. The highest BCUT2D eigenvalue weighted by molar-refractivity contribution is 5.87. The van der Waals surface area contributed by atoms with Gasteiger partial charge in [0.05, 0.1) is 5.92 Å². The van der Waals surface area contributed by atoms with Crippen LogP contribution in [0, 0.1) is 5.92 Å². The lowest BCUT2D eigenvalue weighted by Gasteiger charge is -2.44. The van der Waals surface area contributed by atoms with Crippen molar-refractivity contribution in [3.05, 3.63) is 42.2 Å². The van der Waals surface area contributed by atoms with Crippen molar-refractivity contribution in [1.29, 1.82) is 0 Å². The van der Waals surface area contributed by atoms with Gasteiger partial charge in [-0.15, -0.1) is 0 Å². The number of hydrogen-bond donors (Lipinski definition) is 0. The molecule has 2 saturated heterocycles. The van der Waals surface area contributed by atoms with Crippen molar-refractivity contribution < 1.29 is 9.59 Å². The van der Waals surface area contributed by atoms with E-state index >= 15 is 0 Å². The Morgan fingerprint density at radius 3 is 2.60 bits per heavy atom. The summed E-state index contributed by atoms with van der Waals surface area (Å²) in [6.07, 6.45) is 12.1. The van der Waals surface area contributed by atoms with E-state index < -0.39 is 0 Å². The highest BCUT2D eigenvalue weighted by Crippen LogP contribution is 2.45. The van der Waals surface area contributed by atoms with E-state index in [9.17, 15) is 9.59 Å². The number of carbonyl (C=O) groups excluding carboxylic acids is 2. The molecular formula is C20H25N3O2. The van der Waals surface area contributed by atoms with Crippen molar-refractivity contribution >= 4 is 11.8 Å². The third-order valence-corrected chi connectivity index (χ3v) is 6.37. The van der Waals surface area contributed by atoms with E-state index in [0.29, 0.717) is 0 Å². The summed E-state index contributed by atoms with van der Waals surface area (Å²) in [6.45, 7) is 1.51. The van der Waals surface area contributed by atoms with Gasteiger partial charge in [-0.3, -0.25) is 14.6 Å². The zero-order chi connectivity index (χ0) is 17.4. The fraction of sp³-hybridized carbons (Fsp3) is 0.550. The lowest BCUT2D eigenvalue weighted by molar-refractivity contribution is -0.138. The molecule has 0 bridgehead atoms. The fourth-order valence-corrected chi connectivity index (χ4v) is 4.67. The maximum atomic E-state index is 12.8. The van der Waals surface area contributed by atoms with Crippen LogP contribution in [0.3, 0.4) is 0 Å². The molecular weight excluding hydrogens is 314 g/mol. The van der Waals surface area contributed by atoms with Crippen LogP contribution < -0.4 is 0 Å². The first-order valence-corrected chi connectivity index (χ1v) is 9.22. The first kappa shape index (κ1) is 16.3. The molecule has 1 unspecified atom stereocenters. The monoisotopic (exact) mass is 339 g/mol. The maximum Gasteiger partial charge on any atom is 0.230 e. The summed E-state index contributed by atoms with van der Waals surface area (Å²) in [4.78, 5) is 33.6. The highest BCUT2D eigenvalue weighted by Gasteiger charge is 2.51. The molecule has 1 aromatic heterocycles. The minimum Gasteiger partial charge on any atom is -0.342 e. The van der Waals surface area contributed by atoms with Gasteiger partial charge in [0.2, 0.25) is 11.8 Å². The van der Waals surface area contributed by atoms with Crippen LogP contribution in [0.25, 0.3) is 0 Å². The Labute approximate surface area is 148 Å². The molecule has 0 radical (unpaired) electrons. The topological polar surface area (TPSA) is 53.5 Å². The minimum atomic E-state index is -0.109. The average Bonchev–Trinajstić information content (AvgIpc) is 3.27. The van der Waals surface area contributed by atoms with Gasteiger partial charge in [0, 0.05) is 44.0 Å². The van der Waals surface area contributed by atoms with Gasteiger partial charge in [-0.25, -0.2) is 0 Å². The molecule has 3 heterocycles. The molecule has 3 aliphatic rings. The van der Waals surface area contributed by atoms with Crippen molar-refractivity contribution in [2.45, 2.75) is 43.6 Å². The molecule has 0 saturated carbocycles. The van der Waals surface area contributed by atoms with Gasteiger partial charge >= 0.3 is 0 Å². The molecule has 2 amide bonds. The predicted octanol–water partition coefficient (Wildman–Crippen LogP) is 2.35. The largest absolute Gasteiger partial charge is 0.342 e. The number of rotatable bonds is 2. The number of hydrogen-bond acceptors (Lipinski definition) is 3. The number of carbonyl (C=O) groups is 2. The summed E-state index contributed by atoms with van der Waals surface area (Å²) >= 11 is 0. The number of likely N-dealkylation sites (N-methyl/N-ethyl adjacent to an activating group) is 1. The van der Waals surface area contributed by atoms with Crippen LogP contribution in [-0.4, -0.2) is 52.3 Å². The Morgan fingerprint density at radius 2 is 1.96 bits per heavy atom. The van der Waals surface area contributed by atoms with Crippen LogP contribution in [0.15, 0.2) is 36.7 Å². The molecule has 5 nitrogen and oxygen atoms in total. The highest BCUT2D eigenvalue weighted by atomic mass is 16.2. The van der Waals surface area contributed by atoms with Crippen LogP contribution in [-0.2, 0) is 9.59 Å². The van der Waals surface area contributed by atoms with Crippen molar-refractivity contribution in [3.8, 4) is 0 Å². The van der Waals surface area contributed by atoms with Gasteiger partial charge in [0.1, 0.15) is 0 Å². The number of amides is 2. The lowest BCUT2D eigenvalue weighted by Crippen LogP contribution is -2.53. The van der Waals surface area contributed by atoms with Gasteiger partial charge in [-0.2, -0.15) is 0 Å². The number of piperidine rings is 1. The summed E-state index contributed by atoms with van der Waals surface area (Å²) in [7, 11) is 1.93. The second kappa shape index (κ2) is 6.28. The van der Waals surface area contributed by atoms with Crippen molar-refractivity contribution in [2.75, 3.05) is 20.1 Å². The third kappa shape index (κ3) is 2.75. The number of aromatic nitrogens is 1. The molecule has 4 rings (SSSR count). The summed E-state index contributed by atoms with van der Waals surface area (Å²) < 4.78 is 0. The maximum absolute atomic E-state index is 12.8. The molecule has 132 valence electrons. The van der Waals surface area contributed by atoms with E-state index in [4.69, 9.17) is 0 Å². The van der Waals surface area contributed by atoms with Crippen LogP contribution in [0.1, 0.15) is 43.6 Å². The van der Waals surface area contributed by atoms with Gasteiger partial charge in [0.25, 0.3) is 0 Å². The number of nitrogens with zero attached hydrogens (tertiary/aromatic N) is 3. The van der Waals surface area contributed by atoms with Gasteiger partial charge in [-0.05, 0) is 43.7 Å². The number of pyridine rings is 1. The van der Waals surface area contributed by atoms with E-state index in [0.717, 1.165) is 50.8 Å². The summed E-state index contributed by atoms with van der Waals surface area (Å²) in [5.41, 5.74) is 0.897. The zero-order valence-electron chi connectivity index (χ0n) is 14.7. The molecule has 25 heavy (non-hydrogen) atoms. The van der Waals surface area contributed by atoms with Gasteiger partial charge in [-0.1, -0.05) is 18.2 Å². The van der Waals surface area contributed by atoms with Crippen LogP contribution >= 0.6 is 0 Å². The number of likely N-dealkylation sites (tertiary alicyclic amines) is 2. The number of allylic oxidation sites excluding steroid dienone is 2. The van der Waals surface area contributed by atoms with Crippen LogP contribution in [0.4, 0.5) is 0 Å². The van der Waals surface area contributed by atoms with Crippen LogP contribution in [0.2, 0.25) is 0 Å². The molecule has 2 aliphatic heterocycles. The smallest absolute Gasteiger partial charge is 0.230 e. The molecule has 1 aliphatic carbocycles. The van der Waals surface area contributed by atoms with E-state index in [1.54, 1.807) is 12.4 Å². The molecule has 2 fully saturated rings. The Hall–Kier alpha value is -2.17. The fourth-order valence-electron chi connectivity index (χ4n) is 4.67. The molecule has 5 heteroatoms. The van der Waals surface area contributed by atoms with Crippen molar-refractivity contribution in [2.24, 2.45) is 5.92 Å². The standard InChI is InChI=1S/C20H25N3O2/c1-22-19(25)17(16-7-4-10-21-14-16)13-20(22)8-11-23(12-9-20)18(24)15-5-2-3-6-15/h2-4,7,10,14-15,17H,5-6,8-9,11-13H2,1H3. The van der Waals surface area contributed by atoms with E-state index in [1.165, 1.54) is 0 Å². The van der Waals surface area contributed by atoms with Crippen molar-refractivity contribution in [3.63, 3.8) is 0 Å². The Morgan fingerprint density at radius 1 is 1.24 bits per heavy atom. The summed E-state index contributed by atoms with van der Waals surface area (Å²) in [6, 6.07) is 3.89. The molecule has 1 atom stereocenters. The third-order valence-electron chi connectivity index (χ3n) is 6.37. The first-order valence-electron chi connectivity index (χ1n) is 9.22. The van der Waals surface area contributed by atoms with E-state index in [2.05, 4.69) is 17.1 Å². The molecule has 0 N–H and O–H groups in total. The lowest BCUT2D eigenvalue weighted by atomic mass is 9.81. The van der Waals surface area contributed by atoms with Gasteiger partial charge < -0.3 is 9.80 Å². The second-order valence-corrected chi connectivity index (χ2v) is 7.63. The average molecular weight is 339 g/mol. The predicted molar refractivity (Wildman–Crippen MR) is 94.8 cm³/mol. The molecule has 0 aromatic carbocycles. The Balaban J connectivity index is 1.45. The quantitative estimate of drug-likeness (QED) is 0.777. The van der Waals surface area contributed by atoms with Crippen molar-refractivity contribution in [1.82, 2.24) is 14.8 Å². The summed E-state index contributed by atoms with van der Waals surface area (Å²) in [5, 5.41) is 0.